The molecule has 0 aliphatic heterocycles. The van der Waals surface area contributed by atoms with E-state index in [0.29, 0.717) is 12.1 Å². The van der Waals surface area contributed by atoms with Gasteiger partial charge < -0.3 is 0 Å². The smallest absolute Gasteiger partial charge is 0.282 e. The Morgan fingerprint density at radius 3 is 1.65 bits per heavy atom. The van der Waals surface area contributed by atoms with Crippen molar-refractivity contribution in [2.45, 2.75) is 14.7 Å². The molecular formula is C10H10NaO9S3. The Kier molecular flexibility index (Phi) is 5.68. The normalized spacial score (nSPS) is 12.8. The molecule has 0 bridgehead atoms. The Balaban J connectivity index is 0.00000264. The van der Waals surface area contributed by atoms with Gasteiger partial charge in [-0.25, -0.2) is 0 Å². The second-order valence-corrected chi connectivity index (χ2v) is 8.40. The zero-order valence-electron chi connectivity index (χ0n) is 11.4. The van der Waals surface area contributed by atoms with Crippen molar-refractivity contribution >= 4 is 70.7 Å². The van der Waals surface area contributed by atoms with Crippen molar-refractivity contribution in [1.29, 1.82) is 0 Å². The van der Waals surface area contributed by atoms with Crippen LogP contribution in [0.5, 0.6) is 0 Å². The Labute approximate surface area is 155 Å². The second-order valence-electron chi connectivity index (χ2n) is 4.20. The van der Waals surface area contributed by atoms with Crippen LogP contribution in [0.2, 0.25) is 0 Å². The summed E-state index contributed by atoms with van der Waals surface area (Å²) in [5.74, 6) is 0. The molecule has 0 fully saturated rings. The summed E-state index contributed by atoms with van der Waals surface area (Å²) in [5, 5.41) is -0.835. The molecule has 0 aromatic heterocycles. The third-order valence-corrected chi connectivity index (χ3v) is 5.38. The van der Waals surface area contributed by atoms with Crippen molar-refractivity contribution in [2.24, 2.45) is 0 Å². The molecule has 3 N–H and O–H groups in total. The summed E-state index contributed by atoms with van der Waals surface area (Å²) < 4.78 is 95.0. The molecule has 0 heterocycles. The third-order valence-electron chi connectivity index (χ3n) is 2.75. The van der Waals surface area contributed by atoms with Gasteiger partial charge >= 0.3 is 0 Å². The molecule has 2 aromatic carbocycles. The first-order chi connectivity index (χ1) is 9.82. The standard InChI is InChI=1S/C10H8O9S3.Na.H2/c11-20(12,13)6-4-8-7(10(5-6)22(17,18)19)2-1-3-9(8)21(14,15)16;;/h1-5H,(H,11,12,13)(H,14,15,16)(H,17,18,19);;1H. The summed E-state index contributed by atoms with van der Waals surface area (Å²) in [6.07, 6.45) is 0. The van der Waals surface area contributed by atoms with E-state index >= 15 is 0 Å². The fourth-order valence-electron chi connectivity index (χ4n) is 1.89. The van der Waals surface area contributed by atoms with Crippen LogP contribution >= 0.6 is 0 Å². The molecule has 0 aliphatic carbocycles. The number of fused-ring (bicyclic) bond motifs is 1. The molecule has 0 spiro atoms. The fourth-order valence-corrected chi connectivity index (χ4v) is 3.92. The molecule has 0 saturated heterocycles. The number of hydrogen-bond donors (Lipinski definition) is 3. The van der Waals surface area contributed by atoms with Crippen LogP contribution in [0.25, 0.3) is 10.8 Å². The SMILES string of the molecule is O=S(=O)(O)c1cc(S(=O)(=O)O)c2cccc(S(=O)(=O)O)c2c1.[HH].[Na]. The summed E-state index contributed by atoms with van der Waals surface area (Å²) in [6, 6.07) is 4.23. The zero-order valence-corrected chi connectivity index (χ0v) is 15.9. The molecule has 2 aromatic rings. The largest absolute Gasteiger partial charge is 0.295 e. The van der Waals surface area contributed by atoms with Gasteiger partial charge in [-0.3, -0.25) is 13.7 Å². The molecule has 0 amide bonds. The van der Waals surface area contributed by atoms with Crippen LogP contribution in [0.4, 0.5) is 0 Å². The molecule has 0 aliphatic rings. The number of rotatable bonds is 3. The van der Waals surface area contributed by atoms with Gasteiger partial charge in [-0.2, -0.15) is 25.3 Å². The predicted molar refractivity (Wildman–Crippen MR) is 81.3 cm³/mol. The van der Waals surface area contributed by atoms with Gasteiger partial charge in [0, 0.05) is 41.8 Å². The summed E-state index contributed by atoms with van der Waals surface area (Å²) in [4.78, 5) is -2.66. The minimum atomic E-state index is -4.93. The van der Waals surface area contributed by atoms with Crippen LogP contribution in [-0.2, 0) is 30.4 Å². The maximum absolute atomic E-state index is 11.4. The molecule has 0 unspecified atom stereocenters. The summed E-state index contributed by atoms with van der Waals surface area (Å²) in [5.41, 5.74) is 0. The van der Waals surface area contributed by atoms with Gasteiger partial charge in [-0.15, -0.1) is 0 Å². The van der Waals surface area contributed by atoms with E-state index in [-0.39, 0.29) is 36.4 Å². The van der Waals surface area contributed by atoms with Crippen LogP contribution in [0.15, 0.2) is 45.0 Å². The van der Waals surface area contributed by atoms with E-state index in [0.717, 1.165) is 18.2 Å². The molecular weight excluding hydrogens is 383 g/mol. The first-order valence-electron chi connectivity index (χ1n) is 5.31. The molecule has 1 radical (unpaired) electrons. The Hall–Kier alpha value is -0.570. The minimum absolute atomic E-state index is 0. The van der Waals surface area contributed by atoms with E-state index in [4.69, 9.17) is 13.7 Å². The fraction of sp³-hybridized carbons (Fsp3) is 0. The van der Waals surface area contributed by atoms with Crippen LogP contribution in [-0.4, -0.2) is 68.5 Å². The van der Waals surface area contributed by atoms with E-state index in [1.54, 1.807) is 0 Å². The topological polar surface area (TPSA) is 163 Å². The van der Waals surface area contributed by atoms with Crippen molar-refractivity contribution in [1.82, 2.24) is 0 Å². The quantitative estimate of drug-likeness (QED) is 0.496. The van der Waals surface area contributed by atoms with Gasteiger partial charge in [0.15, 0.2) is 0 Å². The summed E-state index contributed by atoms with van der Waals surface area (Å²) in [7, 11) is -14.6. The second kappa shape index (κ2) is 6.38. The molecule has 13 heteroatoms. The Morgan fingerprint density at radius 1 is 0.696 bits per heavy atom. The van der Waals surface area contributed by atoms with Crippen molar-refractivity contribution in [3.05, 3.63) is 30.3 Å². The van der Waals surface area contributed by atoms with Gasteiger partial charge in [0.2, 0.25) is 0 Å². The van der Waals surface area contributed by atoms with Crippen LogP contribution in [0.3, 0.4) is 0 Å². The summed E-state index contributed by atoms with van der Waals surface area (Å²) in [6.45, 7) is 0. The van der Waals surface area contributed by atoms with Gasteiger partial charge in [0.05, 0.1) is 4.90 Å². The molecule has 123 valence electrons. The van der Waals surface area contributed by atoms with Crippen LogP contribution in [0, 0.1) is 0 Å². The van der Waals surface area contributed by atoms with E-state index in [2.05, 4.69) is 0 Å². The molecule has 2 rings (SSSR count). The molecule has 0 saturated carbocycles. The molecule has 23 heavy (non-hydrogen) atoms. The average molecular weight is 393 g/mol. The van der Waals surface area contributed by atoms with E-state index < -0.39 is 50.4 Å². The van der Waals surface area contributed by atoms with Crippen LogP contribution < -0.4 is 0 Å². The number of benzene rings is 2. The van der Waals surface area contributed by atoms with Gasteiger partial charge in [-0.1, -0.05) is 12.1 Å². The maximum Gasteiger partial charge on any atom is 0.295 e. The third kappa shape index (κ3) is 4.29. The maximum atomic E-state index is 11.4. The summed E-state index contributed by atoms with van der Waals surface area (Å²) >= 11 is 0. The molecule has 0 atom stereocenters. The first-order valence-corrected chi connectivity index (χ1v) is 9.63. The minimum Gasteiger partial charge on any atom is -0.282 e. The van der Waals surface area contributed by atoms with E-state index in [1.165, 1.54) is 0 Å². The van der Waals surface area contributed by atoms with Crippen molar-refractivity contribution in [3.63, 3.8) is 0 Å². The first kappa shape index (κ1) is 20.5. The van der Waals surface area contributed by atoms with E-state index in [9.17, 15) is 25.3 Å². The Morgan fingerprint density at radius 2 is 1.22 bits per heavy atom. The van der Waals surface area contributed by atoms with Gasteiger partial charge in [0.25, 0.3) is 30.4 Å². The van der Waals surface area contributed by atoms with Crippen LogP contribution in [0.1, 0.15) is 1.43 Å². The monoisotopic (exact) mass is 393 g/mol. The van der Waals surface area contributed by atoms with Crippen molar-refractivity contribution in [3.8, 4) is 0 Å². The molecule has 9 nitrogen and oxygen atoms in total. The van der Waals surface area contributed by atoms with E-state index in [1.807, 2.05) is 0 Å². The zero-order chi connectivity index (χ0) is 16.9. The average Bonchev–Trinajstić information content (AvgIpc) is 2.33. The van der Waals surface area contributed by atoms with Crippen molar-refractivity contribution in [2.75, 3.05) is 0 Å². The Bertz CT molecular complexity index is 1090. The number of hydrogen-bond acceptors (Lipinski definition) is 6. The predicted octanol–water partition coefficient (Wildman–Crippen LogP) is 0.445. The van der Waals surface area contributed by atoms with Gasteiger partial charge in [-0.05, 0) is 18.2 Å². The van der Waals surface area contributed by atoms with Gasteiger partial charge in [0.1, 0.15) is 9.79 Å². The van der Waals surface area contributed by atoms with Crippen molar-refractivity contribution < 1.29 is 40.3 Å².